The Hall–Kier alpha value is -3.64. The van der Waals surface area contributed by atoms with Crippen LogP contribution in [-0.4, -0.2) is 22.9 Å². The Kier molecular flexibility index (Phi) is 5.14. The second-order valence-corrected chi connectivity index (χ2v) is 8.12. The number of benzene rings is 3. The molecule has 0 bridgehead atoms. The van der Waals surface area contributed by atoms with Crippen molar-refractivity contribution in [3.8, 4) is 22.8 Å². The molecule has 31 heavy (non-hydrogen) atoms. The summed E-state index contributed by atoms with van der Waals surface area (Å²) in [5.41, 5.74) is 4.75. The molecule has 1 atom stereocenters. The highest BCUT2D eigenvalue weighted by Gasteiger charge is 2.31. The highest BCUT2D eigenvalue weighted by atomic mass is 32.1. The van der Waals surface area contributed by atoms with Crippen LogP contribution in [-0.2, 0) is 0 Å². The van der Waals surface area contributed by atoms with E-state index in [2.05, 4.69) is 36.4 Å². The molecule has 3 aromatic carbocycles. The minimum absolute atomic E-state index is 0.0693. The quantitative estimate of drug-likeness (QED) is 0.432. The summed E-state index contributed by atoms with van der Waals surface area (Å²) in [6.07, 6.45) is 0.802. The number of ether oxygens (including phenoxy) is 1. The third-order valence-electron chi connectivity index (χ3n) is 5.37. The fraction of sp³-hybridized carbons (Fsp3) is 0.120. The molecule has 0 amide bonds. The number of nitrogens with zero attached hydrogens (tertiary/aromatic N) is 3. The van der Waals surface area contributed by atoms with Crippen LogP contribution in [0.2, 0.25) is 0 Å². The largest absolute Gasteiger partial charge is 0.507 e. The normalized spacial score (nSPS) is 15.7. The summed E-state index contributed by atoms with van der Waals surface area (Å²) in [7, 11) is 1.58. The standard InChI is InChI=1S/C25H21N3O2S/c1-30-19-12-13-20(24(29)14-19)22-16-31-25(26-22)28-23(18-10-6-3-7-11-18)15-21(27-28)17-8-4-2-5-9-17/h2-14,16,23,29H,15H2,1H3/t23-/m0/s1. The van der Waals surface area contributed by atoms with Gasteiger partial charge in [0.25, 0.3) is 0 Å². The highest BCUT2D eigenvalue weighted by molar-refractivity contribution is 7.14. The zero-order valence-corrected chi connectivity index (χ0v) is 17.8. The first-order chi connectivity index (χ1) is 15.2. The van der Waals surface area contributed by atoms with Gasteiger partial charge in [0.2, 0.25) is 5.13 Å². The summed E-state index contributed by atoms with van der Waals surface area (Å²) in [6, 6.07) is 26.0. The van der Waals surface area contributed by atoms with Crippen molar-refractivity contribution in [2.24, 2.45) is 5.10 Å². The Morgan fingerprint density at radius 2 is 1.74 bits per heavy atom. The Balaban J connectivity index is 1.53. The van der Waals surface area contributed by atoms with Crippen LogP contribution < -0.4 is 9.75 Å². The smallest absolute Gasteiger partial charge is 0.207 e. The number of phenolic OH excluding ortho intramolecular Hbond substituents is 1. The van der Waals surface area contributed by atoms with Crippen LogP contribution >= 0.6 is 11.3 Å². The van der Waals surface area contributed by atoms with E-state index in [0.29, 0.717) is 11.3 Å². The summed E-state index contributed by atoms with van der Waals surface area (Å²) in [5, 5.41) is 20.1. The van der Waals surface area contributed by atoms with Crippen molar-refractivity contribution >= 4 is 22.2 Å². The van der Waals surface area contributed by atoms with E-state index in [1.807, 2.05) is 46.8 Å². The molecule has 0 saturated heterocycles. The van der Waals surface area contributed by atoms with Crippen LogP contribution in [0.25, 0.3) is 11.3 Å². The van der Waals surface area contributed by atoms with Crippen molar-refractivity contribution < 1.29 is 9.84 Å². The van der Waals surface area contributed by atoms with E-state index in [1.165, 1.54) is 16.9 Å². The van der Waals surface area contributed by atoms with E-state index in [9.17, 15) is 5.11 Å². The van der Waals surface area contributed by atoms with Crippen molar-refractivity contribution in [3.05, 3.63) is 95.4 Å². The molecule has 1 aliphatic rings. The van der Waals surface area contributed by atoms with E-state index in [0.717, 1.165) is 28.5 Å². The van der Waals surface area contributed by atoms with E-state index in [4.69, 9.17) is 14.8 Å². The molecule has 0 unspecified atom stereocenters. The number of anilines is 1. The molecule has 2 heterocycles. The maximum Gasteiger partial charge on any atom is 0.207 e. The highest BCUT2D eigenvalue weighted by Crippen LogP contribution is 2.41. The van der Waals surface area contributed by atoms with E-state index in [1.54, 1.807) is 13.2 Å². The Morgan fingerprint density at radius 3 is 2.45 bits per heavy atom. The zero-order valence-electron chi connectivity index (χ0n) is 17.0. The van der Waals surface area contributed by atoms with Gasteiger partial charge in [-0.05, 0) is 23.3 Å². The van der Waals surface area contributed by atoms with Crippen LogP contribution in [0.3, 0.4) is 0 Å². The first-order valence-corrected chi connectivity index (χ1v) is 10.9. The molecule has 1 aromatic heterocycles. The summed E-state index contributed by atoms with van der Waals surface area (Å²) < 4.78 is 5.19. The van der Waals surface area contributed by atoms with Crippen molar-refractivity contribution in [3.63, 3.8) is 0 Å². The van der Waals surface area contributed by atoms with Crippen molar-refractivity contribution in [1.29, 1.82) is 0 Å². The Labute approximate surface area is 184 Å². The number of rotatable bonds is 5. The van der Waals surface area contributed by atoms with Gasteiger partial charge in [0.1, 0.15) is 11.5 Å². The number of hydrazone groups is 1. The molecular formula is C25H21N3O2S. The van der Waals surface area contributed by atoms with Gasteiger partial charge >= 0.3 is 0 Å². The molecule has 0 spiro atoms. The van der Waals surface area contributed by atoms with Gasteiger partial charge in [0, 0.05) is 23.4 Å². The first kappa shape index (κ1) is 19.3. The van der Waals surface area contributed by atoms with Crippen LogP contribution in [0.5, 0.6) is 11.5 Å². The molecule has 1 N–H and O–H groups in total. The number of aromatic nitrogens is 1. The molecule has 6 heteroatoms. The zero-order chi connectivity index (χ0) is 21.2. The maximum atomic E-state index is 10.4. The number of hydrogen-bond acceptors (Lipinski definition) is 6. The first-order valence-electron chi connectivity index (χ1n) is 10.0. The van der Waals surface area contributed by atoms with E-state index < -0.39 is 0 Å². The fourth-order valence-electron chi connectivity index (χ4n) is 3.77. The van der Waals surface area contributed by atoms with E-state index in [-0.39, 0.29) is 11.8 Å². The lowest BCUT2D eigenvalue weighted by Crippen LogP contribution is -2.18. The van der Waals surface area contributed by atoms with Crippen LogP contribution in [0.15, 0.2) is 89.3 Å². The monoisotopic (exact) mass is 427 g/mol. The summed E-state index contributed by atoms with van der Waals surface area (Å²) >= 11 is 1.52. The summed E-state index contributed by atoms with van der Waals surface area (Å²) in [5.74, 6) is 0.753. The van der Waals surface area contributed by atoms with Gasteiger partial charge in [-0.15, -0.1) is 11.3 Å². The van der Waals surface area contributed by atoms with Gasteiger partial charge in [0.15, 0.2) is 0 Å². The minimum atomic E-state index is 0.0693. The number of methoxy groups -OCH3 is 1. The van der Waals surface area contributed by atoms with Crippen LogP contribution in [0, 0.1) is 0 Å². The molecule has 0 radical (unpaired) electrons. The van der Waals surface area contributed by atoms with Gasteiger partial charge < -0.3 is 9.84 Å². The number of hydrogen-bond donors (Lipinski definition) is 1. The lowest BCUT2D eigenvalue weighted by Gasteiger charge is -2.21. The summed E-state index contributed by atoms with van der Waals surface area (Å²) in [6.45, 7) is 0. The predicted molar refractivity (Wildman–Crippen MR) is 125 cm³/mol. The van der Waals surface area contributed by atoms with Gasteiger partial charge in [-0.25, -0.2) is 9.99 Å². The number of aromatic hydroxyl groups is 1. The van der Waals surface area contributed by atoms with E-state index >= 15 is 0 Å². The molecule has 0 aliphatic carbocycles. The SMILES string of the molecule is COc1ccc(-c2csc(N3N=C(c4ccccc4)C[C@H]3c3ccccc3)n2)c(O)c1. The van der Waals surface area contributed by atoms with Gasteiger partial charge in [0.05, 0.1) is 24.6 Å². The summed E-state index contributed by atoms with van der Waals surface area (Å²) in [4.78, 5) is 4.82. The molecule has 154 valence electrons. The molecule has 5 nitrogen and oxygen atoms in total. The second-order valence-electron chi connectivity index (χ2n) is 7.29. The second kappa shape index (κ2) is 8.24. The van der Waals surface area contributed by atoms with Crippen molar-refractivity contribution in [2.45, 2.75) is 12.5 Å². The van der Waals surface area contributed by atoms with Gasteiger partial charge in [-0.2, -0.15) is 5.10 Å². The number of thiazole rings is 1. The van der Waals surface area contributed by atoms with Crippen LogP contribution in [0.1, 0.15) is 23.6 Å². The van der Waals surface area contributed by atoms with Crippen LogP contribution in [0.4, 0.5) is 5.13 Å². The average molecular weight is 428 g/mol. The molecule has 0 fully saturated rings. The topological polar surface area (TPSA) is 58.0 Å². The maximum absolute atomic E-state index is 10.4. The van der Waals surface area contributed by atoms with Gasteiger partial charge in [-0.3, -0.25) is 0 Å². The minimum Gasteiger partial charge on any atom is -0.507 e. The lowest BCUT2D eigenvalue weighted by atomic mass is 9.99. The lowest BCUT2D eigenvalue weighted by molar-refractivity contribution is 0.408. The third kappa shape index (κ3) is 3.78. The van der Waals surface area contributed by atoms with Crippen molar-refractivity contribution in [1.82, 2.24) is 4.98 Å². The molecule has 5 rings (SSSR count). The number of phenols is 1. The molecule has 0 saturated carbocycles. The molecule has 1 aliphatic heterocycles. The predicted octanol–water partition coefficient (Wildman–Crippen LogP) is 5.88. The third-order valence-corrected chi connectivity index (χ3v) is 6.20. The average Bonchev–Trinajstić information content (AvgIpc) is 3.48. The Bertz CT molecular complexity index is 1220. The Morgan fingerprint density at radius 1 is 1.00 bits per heavy atom. The fourth-order valence-corrected chi connectivity index (χ4v) is 4.60. The van der Waals surface area contributed by atoms with Crippen molar-refractivity contribution in [2.75, 3.05) is 12.1 Å². The van der Waals surface area contributed by atoms with Gasteiger partial charge in [-0.1, -0.05) is 60.7 Å². The molecule has 4 aromatic rings. The molecular weight excluding hydrogens is 406 g/mol.